The summed E-state index contributed by atoms with van der Waals surface area (Å²) in [6.45, 7) is 5.67. The number of carbonyl (C=O) groups excluding carboxylic acids is 1. The van der Waals surface area contributed by atoms with Gasteiger partial charge < -0.3 is 15.4 Å². The van der Waals surface area contributed by atoms with Crippen LogP contribution in [0.4, 0.5) is 11.5 Å². The van der Waals surface area contributed by atoms with Crippen molar-refractivity contribution < 1.29 is 9.53 Å². The summed E-state index contributed by atoms with van der Waals surface area (Å²) in [7, 11) is 0. The molecule has 0 radical (unpaired) electrons. The first-order chi connectivity index (χ1) is 14.1. The normalized spacial score (nSPS) is 16.3. The number of nitrogens with one attached hydrogen (secondary N) is 2. The average molecular weight is 389 g/mol. The van der Waals surface area contributed by atoms with E-state index in [0.29, 0.717) is 23.8 Å². The number of rotatable bonds is 6. The molecular weight excluding hydrogens is 362 g/mol. The molecule has 0 bridgehead atoms. The van der Waals surface area contributed by atoms with Crippen LogP contribution >= 0.6 is 0 Å². The predicted octanol–water partition coefficient (Wildman–Crippen LogP) is 5.01. The van der Waals surface area contributed by atoms with Crippen LogP contribution < -0.4 is 10.6 Å². The van der Waals surface area contributed by atoms with E-state index in [1.165, 1.54) is 5.56 Å². The van der Waals surface area contributed by atoms with Gasteiger partial charge in [0.25, 0.3) is 5.91 Å². The number of anilines is 2. The zero-order valence-electron chi connectivity index (χ0n) is 16.9. The lowest BCUT2D eigenvalue weighted by atomic mass is 10.0. The van der Waals surface area contributed by atoms with E-state index in [1.54, 1.807) is 0 Å². The molecule has 2 heterocycles. The Kier molecular flexibility index (Phi) is 5.76. The number of pyridine rings is 1. The van der Waals surface area contributed by atoms with Gasteiger partial charge in [-0.25, -0.2) is 4.98 Å². The fourth-order valence-corrected chi connectivity index (χ4v) is 3.63. The molecule has 1 aromatic heterocycles. The molecule has 0 saturated carbocycles. The van der Waals surface area contributed by atoms with E-state index in [-0.39, 0.29) is 12.0 Å². The molecule has 29 heavy (non-hydrogen) atoms. The number of aromatic nitrogens is 1. The zero-order valence-corrected chi connectivity index (χ0v) is 16.9. The highest BCUT2D eigenvalue weighted by Crippen LogP contribution is 2.24. The van der Waals surface area contributed by atoms with Crippen LogP contribution in [0.25, 0.3) is 10.9 Å². The van der Waals surface area contributed by atoms with Crippen LogP contribution in [0.15, 0.2) is 54.6 Å². The number of fused-ring (bicyclic) bond motifs is 1. The maximum absolute atomic E-state index is 12.9. The van der Waals surface area contributed by atoms with E-state index in [1.807, 2.05) is 42.5 Å². The monoisotopic (exact) mass is 389 g/mol. The number of benzene rings is 2. The van der Waals surface area contributed by atoms with Gasteiger partial charge in [-0.1, -0.05) is 44.2 Å². The number of carbonyl (C=O) groups is 1. The highest BCUT2D eigenvalue weighted by Gasteiger charge is 2.18. The molecule has 1 unspecified atom stereocenters. The second kappa shape index (κ2) is 8.62. The van der Waals surface area contributed by atoms with Gasteiger partial charge in [0.05, 0.1) is 17.2 Å². The van der Waals surface area contributed by atoms with Crippen LogP contribution in [0.1, 0.15) is 48.5 Å². The predicted molar refractivity (Wildman–Crippen MR) is 117 cm³/mol. The summed E-state index contributed by atoms with van der Waals surface area (Å²) in [5.74, 6) is 1.04. The summed E-state index contributed by atoms with van der Waals surface area (Å²) in [5.41, 5.74) is 3.65. The Labute approximate surface area is 171 Å². The van der Waals surface area contributed by atoms with Gasteiger partial charge in [-0.15, -0.1) is 0 Å². The van der Waals surface area contributed by atoms with Crippen molar-refractivity contribution >= 4 is 28.3 Å². The van der Waals surface area contributed by atoms with E-state index in [9.17, 15) is 4.79 Å². The van der Waals surface area contributed by atoms with Crippen LogP contribution in [0, 0.1) is 0 Å². The van der Waals surface area contributed by atoms with Gasteiger partial charge in [0.2, 0.25) is 0 Å². The Hall–Kier alpha value is -2.92. The van der Waals surface area contributed by atoms with Gasteiger partial charge in [-0.2, -0.15) is 0 Å². The number of hydrogen-bond acceptors (Lipinski definition) is 4. The first-order valence-corrected chi connectivity index (χ1v) is 10.3. The zero-order chi connectivity index (χ0) is 20.2. The third kappa shape index (κ3) is 4.57. The van der Waals surface area contributed by atoms with Gasteiger partial charge in [0, 0.05) is 24.2 Å². The molecule has 2 N–H and O–H groups in total. The van der Waals surface area contributed by atoms with E-state index in [4.69, 9.17) is 9.72 Å². The Morgan fingerprint density at radius 3 is 2.69 bits per heavy atom. The molecular formula is C24H27N3O2. The van der Waals surface area contributed by atoms with Crippen LogP contribution in [-0.2, 0) is 4.74 Å². The molecule has 3 aromatic rings. The lowest BCUT2D eigenvalue weighted by Gasteiger charge is -2.14. The third-order valence-electron chi connectivity index (χ3n) is 5.32. The van der Waals surface area contributed by atoms with Crippen LogP contribution in [0.3, 0.4) is 0 Å². The van der Waals surface area contributed by atoms with Gasteiger partial charge in [-0.05, 0) is 48.6 Å². The lowest BCUT2D eigenvalue weighted by Crippen LogP contribution is -2.32. The molecule has 5 heteroatoms. The highest BCUT2D eigenvalue weighted by molar-refractivity contribution is 6.07. The SMILES string of the molecule is CC(C)c1ccc(Nc2cc(C(=O)NCC3CCCO3)c3ccccc3n2)cc1. The Balaban J connectivity index is 1.58. The minimum absolute atomic E-state index is 0.0997. The van der Waals surface area contributed by atoms with Crippen molar-refractivity contribution in [1.82, 2.24) is 10.3 Å². The van der Waals surface area contributed by atoms with E-state index >= 15 is 0 Å². The standard InChI is InChI=1S/C24H27N3O2/c1-16(2)17-9-11-18(12-10-17)26-23-14-21(20-7-3-4-8-22(20)27-23)24(28)25-15-19-6-5-13-29-19/h3-4,7-12,14,16,19H,5-6,13,15H2,1-2H3,(H,25,28)(H,26,27). The van der Waals surface area contributed by atoms with Gasteiger partial charge in [-0.3, -0.25) is 4.79 Å². The maximum atomic E-state index is 12.9. The summed E-state index contributed by atoms with van der Waals surface area (Å²) < 4.78 is 5.62. The second-order valence-electron chi connectivity index (χ2n) is 7.82. The third-order valence-corrected chi connectivity index (χ3v) is 5.32. The molecule has 5 nitrogen and oxygen atoms in total. The summed E-state index contributed by atoms with van der Waals surface area (Å²) in [6.07, 6.45) is 2.17. The molecule has 1 aliphatic heterocycles. The quantitative estimate of drug-likeness (QED) is 0.622. The first-order valence-electron chi connectivity index (χ1n) is 10.3. The van der Waals surface area contributed by atoms with E-state index < -0.39 is 0 Å². The molecule has 1 atom stereocenters. The summed E-state index contributed by atoms with van der Waals surface area (Å²) in [4.78, 5) is 17.6. The smallest absolute Gasteiger partial charge is 0.252 e. The van der Waals surface area contributed by atoms with E-state index in [2.05, 4.69) is 36.6 Å². The number of para-hydroxylation sites is 1. The van der Waals surface area contributed by atoms with Crippen molar-refractivity contribution in [2.75, 3.05) is 18.5 Å². The number of nitrogens with zero attached hydrogens (tertiary/aromatic N) is 1. The fourth-order valence-electron chi connectivity index (χ4n) is 3.63. The van der Waals surface area contributed by atoms with Crippen molar-refractivity contribution in [1.29, 1.82) is 0 Å². The van der Waals surface area contributed by atoms with Crippen molar-refractivity contribution in [3.63, 3.8) is 0 Å². The Bertz CT molecular complexity index is 993. The Morgan fingerprint density at radius 2 is 1.97 bits per heavy atom. The molecule has 2 aromatic carbocycles. The molecule has 1 aliphatic rings. The molecule has 1 amide bonds. The van der Waals surface area contributed by atoms with Crippen molar-refractivity contribution in [3.8, 4) is 0 Å². The summed E-state index contributed by atoms with van der Waals surface area (Å²) in [5, 5.41) is 7.21. The van der Waals surface area contributed by atoms with Crippen molar-refractivity contribution in [2.24, 2.45) is 0 Å². The number of hydrogen-bond donors (Lipinski definition) is 2. The summed E-state index contributed by atoms with van der Waals surface area (Å²) in [6, 6.07) is 17.9. The van der Waals surface area contributed by atoms with Gasteiger partial charge in [0.1, 0.15) is 5.82 Å². The minimum atomic E-state index is -0.0997. The largest absolute Gasteiger partial charge is 0.376 e. The highest BCUT2D eigenvalue weighted by atomic mass is 16.5. The van der Waals surface area contributed by atoms with Crippen LogP contribution in [-0.4, -0.2) is 30.1 Å². The van der Waals surface area contributed by atoms with Crippen molar-refractivity contribution in [2.45, 2.75) is 38.7 Å². The maximum Gasteiger partial charge on any atom is 0.252 e. The first kappa shape index (κ1) is 19.4. The lowest BCUT2D eigenvalue weighted by molar-refractivity contribution is 0.0859. The van der Waals surface area contributed by atoms with Crippen LogP contribution in [0.2, 0.25) is 0 Å². The number of amides is 1. The van der Waals surface area contributed by atoms with Crippen LogP contribution in [0.5, 0.6) is 0 Å². The molecule has 150 valence electrons. The summed E-state index contributed by atoms with van der Waals surface area (Å²) >= 11 is 0. The second-order valence-corrected chi connectivity index (χ2v) is 7.82. The Morgan fingerprint density at radius 1 is 1.17 bits per heavy atom. The fraction of sp³-hybridized carbons (Fsp3) is 0.333. The molecule has 0 aliphatic carbocycles. The average Bonchev–Trinajstić information content (AvgIpc) is 3.25. The van der Waals surface area contributed by atoms with Crippen molar-refractivity contribution in [3.05, 3.63) is 65.7 Å². The van der Waals surface area contributed by atoms with Gasteiger partial charge in [0.15, 0.2) is 0 Å². The van der Waals surface area contributed by atoms with E-state index in [0.717, 1.165) is 36.0 Å². The van der Waals surface area contributed by atoms with Gasteiger partial charge >= 0.3 is 0 Å². The number of ether oxygens (including phenoxy) is 1. The minimum Gasteiger partial charge on any atom is -0.376 e. The molecule has 1 saturated heterocycles. The molecule has 0 spiro atoms. The molecule has 1 fully saturated rings. The topological polar surface area (TPSA) is 63.2 Å². The molecule has 4 rings (SSSR count).